The molecule has 0 amide bonds. The summed E-state index contributed by atoms with van der Waals surface area (Å²) in [5, 5.41) is 9.71. The highest BCUT2D eigenvalue weighted by atomic mass is 32.1. The standard InChI is InChI=1S/C27H35N11S/c1-19-17-39-24-23(19)30-18-31-25(24)38-27(33-26(28)34-38)32-21-6-5-20(29-16-21)4-3-9-36-10-7-22(8-11-36)37-14-12-35(2)13-15-37/h3-6,16-18,22H,7-15H2,1-2H3,(H3,28,32,33,34)/b4-3+. The van der Waals surface area contributed by atoms with Gasteiger partial charge >= 0.3 is 0 Å². The zero-order valence-corrected chi connectivity index (χ0v) is 23.3. The minimum absolute atomic E-state index is 0.164. The first-order valence-electron chi connectivity index (χ1n) is 13.5. The van der Waals surface area contributed by atoms with E-state index in [9.17, 15) is 0 Å². The molecule has 2 aliphatic rings. The van der Waals surface area contributed by atoms with Crippen molar-refractivity contribution in [2.24, 2.45) is 0 Å². The third kappa shape index (κ3) is 5.78. The molecule has 2 saturated heterocycles. The molecular weight excluding hydrogens is 510 g/mol. The second kappa shape index (κ2) is 11.3. The number of piperazine rings is 1. The predicted octanol–water partition coefficient (Wildman–Crippen LogP) is 3.03. The van der Waals surface area contributed by atoms with Crippen molar-refractivity contribution in [3.05, 3.63) is 47.4 Å². The van der Waals surface area contributed by atoms with Gasteiger partial charge in [-0.1, -0.05) is 6.08 Å². The lowest BCUT2D eigenvalue weighted by Crippen LogP contribution is -2.52. The van der Waals surface area contributed by atoms with E-state index < -0.39 is 0 Å². The fraction of sp³-hybridized carbons (Fsp3) is 0.444. The summed E-state index contributed by atoms with van der Waals surface area (Å²) in [6.07, 6.45) is 10.2. The van der Waals surface area contributed by atoms with Gasteiger partial charge in [0.05, 0.1) is 27.8 Å². The van der Waals surface area contributed by atoms with Gasteiger partial charge in [-0.3, -0.25) is 14.8 Å². The van der Waals surface area contributed by atoms with Gasteiger partial charge in [0.2, 0.25) is 11.9 Å². The first-order chi connectivity index (χ1) is 19.0. The van der Waals surface area contributed by atoms with Crippen LogP contribution in [0, 0.1) is 6.92 Å². The Kier molecular flexibility index (Phi) is 7.51. The van der Waals surface area contributed by atoms with Crippen LogP contribution in [0.1, 0.15) is 24.1 Å². The number of piperidine rings is 1. The van der Waals surface area contributed by atoms with Crippen molar-refractivity contribution in [3.63, 3.8) is 0 Å². The van der Waals surface area contributed by atoms with Crippen molar-refractivity contribution in [2.45, 2.75) is 25.8 Å². The van der Waals surface area contributed by atoms with E-state index in [2.05, 4.69) is 69.6 Å². The molecule has 0 aliphatic carbocycles. The highest BCUT2D eigenvalue weighted by Crippen LogP contribution is 2.29. The maximum atomic E-state index is 5.95. The van der Waals surface area contributed by atoms with Crippen molar-refractivity contribution in [3.8, 4) is 5.82 Å². The Balaban J connectivity index is 1.05. The molecule has 3 N–H and O–H groups in total. The fourth-order valence-corrected chi connectivity index (χ4v) is 6.32. The van der Waals surface area contributed by atoms with Crippen LogP contribution in [0.25, 0.3) is 22.1 Å². The Morgan fingerprint density at radius 1 is 1.08 bits per heavy atom. The van der Waals surface area contributed by atoms with Gasteiger partial charge in [-0.15, -0.1) is 16.4 Å². The van der Waals surface area contributed by atoms with Crippen LogP contribution in [-0.4, -0.2) is 103 Å². The van der Waals surface area contributed by atoms with Gasteiger partial charge < -0.3 is 16.0 Å². The lowest BCUT2D eigenvalue weighted by Gasteiger charge is -2.41. The monoisotopic (exact) mass is 545 g/mol. The molecule has 0 bridgehead atoms. The molecule has 11 nitrogen and oxygen atoms in total. The van der Waals surface area contributed by atoms with E-state index in [1.807, 2.05) is 19.1 Å². The zero-order chi connectivity index (χ0) is 26.8. The lowest BCUT2D eigenvalue weighted by atomic mass is 10.0. The van der Waals surface area contributed by atoms with Crippen molar-refractivity contribution < 1.29 is 0 Å². The molecule has 2 aliphatic heterocycles. The molecule has 204 valence electrons. The topological polar surface area (TPSA) is 117 Å². The molecule has 0 spiro atoms. The number of nitrogen functional groups attached to an aromatic ring is 1. The van der Waals surface area contributed by atoms with Crippen molar-refractivity contribution >= 4 is 45.2 Å². The van der Waals surface area contributed by atoms with Crippen LogP contribution in [-0.2, 0) is 0 Å². The number of hydrogen-bond acceptors (Lipinski definition) is 11. The third-order valence-corrected chi connectivity index (χ3v) is 8.73. The molecule has 4 aromatic heterocycles. The highest BCUT2D eigenvalue weighted by molar-refractivity contribution is 7.17. The Morgan fingerprint density at radius 3 is 2.67 bits per heavy atom. The summed E-state index contributed by atoms with van der Waals surface area (Å²) >= 11 is 1.58. The Hall–Kier alpha value is -3.45. The molecule has 39 heavy (non-hydrogen) atoms. The third-order valence-electron chi connectivity index (χ3n) is 7.64. The quantitative estimate of drug-likeness (QED) is 0.359. The van der Waals surface area contributed by atoms with Gasteiger partial charge in [0, 0.05) is 38.8 Å². The second-order valence-corrected chi connectivity index (χ2v) is 11.2. The molecule has 0 atom stereocenters. The number of pyridine rings is 1. The summed E-state index contributed by atoms with van der Waals surface area (Å²) in [5.74, 6) is 1.28. The Labute approximate surface area is 232 Å². The van der Waals surface area contributed by atoms with Crippen molar-refractivity contribution in [1.29, 1.82) is 0 Å². The molecule has 6 rings (SSSR count). The molecule has 0 radical (unpaired) electrons. The van der Waals surface area contributed by atoms with E-state index in [0.717, 1.165) is 52.8 Å². The maximum absolute atomic E-state index is 5.95. The summed E-state index contributed by atoms with van der Waals surface area (Å²) in [5.41, 5.74) is 9.67. The molecule has 4 aromatic rings. The van der Waals surface area contributed by atoms with Gasteiger partial charge in [-0.25, -0.2) is 9.97 Å². The summed E-state index contributed by atoms with van der Waals surface area (Å²) < 4.78 is 2.56. The van der Waals surface area contributed by atoms with Crippen molar-refractivity contribution in [1.82, 2.24) is 44.4 Å². The highest BCUT2D eigenvalue weighted by Gasteiger charge is 2.26. The summed E-state index contributed by atoms with van der Waals surface area (Å²) in [7, 11) is 2.22. The molecule has 0 unspecified atom stereocenters. The van der Waals surface area contributed by atoms with E-state index in [-0.39, 0.29) is 5.95 Å². The first-order valence-corrected chi connectivity index (χ1v) is 14.4. The number of fused-ring (bicyclic) bond motifs is 1. The molecule has 0 aromatic carbocycles. The molecule has 2 fully saturated rings. The molecular formula is C27H35N11S. The number of thiophene rings is 1. The summed E-state index contributed by atoms with van der Waals surface area (Å²) in [6.45, 7) is 10.1. The fourth-order valence-electron chi connectivity index (χ4n) is 5.35. The second-order valence-electron chi connectivity index (χ2n) is 10.4. The predicted molar refractivity (Wildman–Crippen MR) is 157 cm³/mol. The number of nitrogens with two attached hydrogens (primary N) is 1. The van der Waals surface area contributed by atoms with E-state index in [0.29, 0.717) is 11.8 Å². The minimum atomic E-state index is 0.164. The molecule has 6 heterocycles. The number of rotatable bonds is 7. The number of likely N-dealkylation sites (N-methyl/N-ethyl adjacent to an activating group) is 1. The largest absolute Gasteiger partial charge is 0.366 e. The van der Waals surface area contributed by atoms with Gasteiger partial charge in [-0.05, 0) is 69.1 Å². The van der Waals surface area contributed by atoms with Gasteiger partial charge in [0.25, 0.3) is 0 Å². The minimum Gasteiger partial charge on any atom is -0.366 e. The van der Waals surface area contributed by atoms with E-state index in [4.69, 9.17) is 5.73 Å². The van der Waals surface area contributed by atoms with Crippen LogP contribution in [0.2, 0.25) is 0 Å². The Bertz CT molecular complexity index is 1430. The van der Waals surface area contributed by atoms with Crippen LogP contribution >= 0.6 is 11.3 Å². The Morgan fingerprint density at radius 2 is 1.90 bits per heavy atom. The normalized spacial score (nSPS) is 18.4. The van der Waals surface area contributed by atoms with Gasteiger partial charge in [-0.2, -0.15) is 9.67 Å². The number of aryl methyl sites for hydroxylation is 1. The van der Waals surface area contributed by atoms with Crippen LogP contribution in [0.3, 0.4) is 0 Å². The number of aromatic nitrogens is 6. The van der Waals surface area contributed by atoms with Crippen LogP contribution < -0.4 is 11.1 Å². The summed E-state index contributed by atoms with van der Waals surface area (Å²) in [6, 6.07) is 4.72. The number of likely N-dealkylation sites (tertiary alicyclic amines) is 1. The zero-order valence-electron chi connectivity index (χ0n) is 22.5. The number of hydrogen-bond donors (Lipinski definition) is 2. The smallest absolute Gasteiger partial charge is 0.241 e. The van der Waals surface area contributed by atoms with E-state index in [1.54, 1.807) is 22.2 Å². The average molecular weight is 546 g/mol. The van der Waals surface area contributed by atoms with E-state index >= 15 is 0 Å². The van der Waals surface area contributed by atoms with Crippen LogP contribution in [0.15, 0.2) is 36.1 Å². The van der Waals surface area contributed by atoms with Gasteiger partial charge in [0.15, 0.2) is 5.82 Å². The van der Waals surface area contributed by atoms with Crippen molar-refractivity contribution in [2.75, 3.05) is 63.9 Å². The number of nitrogens with zero attached hydrogens (tertiary/aromatic N) is 9. The van der Waals surface area contributed by atoms with Gasteiger partial charge in [0.1, 0.15) is 6.33 Å². The van der Waals surface area contributed by atoms with Crippen LogP contribution in [0.4, 0.5) is 17.6 Å². The van der Waals surface area contributed by atoms with Crippen LogP contribution in [0.5, 0.6) is 0 Å². The first kappa shape index (κ1) is 25.8. The SMILES string of the molecule is Cc1csc2c(-n3nc(N)nc3Nc3ccc(/C=C/CN4CCC(N5CCN(C)CC5)CC4)nc3)ncnc12. The average Bonchev–Trinajstić information content (AvgIpc) is 3.52. The number of anilines is 3. The lowest BCUT2D eigenvalue weighted by molar-refractivity contribution is 0.0709. The summed E-state index contributed by atoms with van der Waals surface area (Å²) in [4.78, 5) is 25.5. The van der Waals surface area contributed by atoms with E-state index in [1.165, 1.54) is 45.3 Å². The number of nitrogens with one attached hydrogen (secondary N) is 1. The molecule has 12 heteroatoms. The molecule has 0 saturated carbocycles. The maximum Gasteiger partial charge on any atom is 0.241 e.